The molecule has 1 aromatic heterocycles. The van der Waals surface area contributed by atoms with E-state index in [1.807, 2.05) is 31.2 Å². The van der Waals surface area contributed by atoms with Gasteiger partial charge in [0, 0.05) is 29.9 Å². The number of rotatable bonds is 3. The number of aromatic nitrogens is 1. The third-order valence-electron chi connectivity index (χ3n) is 3.12. The lowest BCUT2D eigenvalue weighted by molar-refractivity contribution is 0.0988. The summed E-state index contributed by atoms with van der Waals surface area (Å²) >= 11 is 3.42. The van der Waals surface area contributed by atoms with Crippen LogP contribution in [0.1, 0.15) is 21.6 Å². The maximum absolute atomic E-state index is 12.4. The number of benzene rings is 1. The molecule has 0 saturated heterocycles. The van der Waals surface area contributed by atoms with Gasteiger partial charge in [0.2, 0.25) is 0 Å². The number of anilines is 1. The van der Waals surface area contributed by atoms with Crippen molar-refractivity contribution in [3.05, 3.63) is 57.8 Å². The van der Waals surface area contributed by atoms with Crippen LogP contribution in [0.4, 0.5) is 5.69 Å². The molecule has 0 radical (unpaired) electrons. The van der Waals surface area contributed by atoms with Crippen molar-refractivity contribution in [1.29, 1.82) is 0 Å². The second-order valence-electron chi connectivity index (χ2n) is 4.55. The molecule has 1 amide bonds. The van der Waals surface area contributed by atoms with Crippen molar-refractivity contribution >= 4 is 27.5 Å². The molecule has 0 spiro atoms. The van der Waals surface area contributed by atoms with Gasteiger partial charge in [-0.2, -0.15) is 0 Å². The summed E-state index contributed by atoms with van der Waals surface area (Å²) in [5.41, 5.74) is 8.72. The Kier molecular flexibility index (Phi) is 4.52. The molecule has 20 heavy (non-hydrogen) atoms. The summed E-state index contributed by atoms with van der Waals surface area (Å²) in [5.74, 6) is -0.144. The Hall–Kier alpha value is -1.72. The Morgan fingerprint density at radius 2 is 2.10 bits per heavy atom. The van der Waals surface area contributed by atoms with E-state index in [0.29, 0.717) is 12.2 Å². The van der Waals surface area contributed by atoms with Crippen LogP contribution >= 0.6 is 15.9 Å². The Balaban J connectivity index is 2.29. The molecule has 104 valence electrons. The fraction of sp³-hybridized carbons (Fsp3) is 0.200. The molecule has 2 rings (SSSR count). The van der Waals surface area contributed by atoms with Crippen molar-refractivity contribution in [2.75, 3.05) is 11.9 Å². The van der Waals surface area contributed by atoms with Crippen LogP contribution in [0, 0.1) is 6.92 Å². The van der Waals surface area contributed by atoms with Gasteiger partial charge in [0.15, 0.2) is 0 Å². The maximum Gasteiger partial charge on any atom is 0.276 e. The van der Waals surface area contributed by atoms with Crippen LogP contribution in [0.25, 0.3) is 0 Å². The third kappa shape index (κ3) is 3.05. The minimum atomic E-state index is -0.144. The molecule has 2 N–H and O–H groups in total. The van der Waals surface area contributed by atoms with Gasteiger partial charge < -0.3 is 10.6 Å². The number of carbonyl (C=O) groups excluding carboxylic acids is 1. The molecular formula is C15H16BrN3O. The van der Waals surface area contributed by atoms with Gasteiger partial charge in [0.1, 0.15) is 5.69 Å². The summed E-state index contributed by atoms with van der Waals surface area (Å²) < 4.78 is 0.934. The highest BCUT2D eigenvalue weighted by atomic mass is 79.9. The van der Waals surface area contributed by atoms with Crippen molar-refractivity contribution in [2.45, 2.75) is 13.5 Å². The molecule has 4 nitrogen and oxygen atoms in total. The number of nitrogens with zero attached hydrogens (tertiary/aromatic N) is 2. The number of nitrogens with two attached hydrogens (primary N) is 1. The molecule has 0 saturated carbocycles. The van der Waals surface area contributed by atoms with Gasteiger partial charge in [-0.15, -0.1) is 0 Å². The lowest BCUT2D eigenvalue weighted by Gasteiger charge is -2.19. The smallest absolute Gasteiger partial charge is 0.276 e. The highest BCUT2D eigenvalue weighted by Gasteiger charge is 2.16. The molecule has 0 aliphatic rings. The van der Waals surface area contributed by atoms with Crippen LogP contribution in [0.2, 0.25) is 0 Å². The van der Waals surface area contributed by atoms with Crippen LogP contribution < -0.4 is 10.6 Å². The van der Waals surface area contributed by atoms with E-state index in [9.17, 15) is 4.79 Å². The van der Waals surface area contributed by atoms with Crippen LogP contribution in [0.15, 0.2) is 41.0 Å². The zero-order chi connectivity index (χ0) is 14.7. The SMILES string of the molecule is Cc1ccc(Br)cc1N(C)C(=O)c1ccc(CN)cn1. The van der Waals surface area contributed by atoms with E-state index in [4.69, 9.17) is 5.73 Å². The lowest BCUT2D eigenvalue weighted by atomic mass is 10.1. The Morgan fingerprint density at radius 1 is 1.35 bits per heavy atom. The van der Waals surface area contributed by atoms with Gasteiger partial charge in [0.05, 0.1) is 0 Å². The number of hydrogen-bond acceptors (Lipinski definition) is 3. The van der Waals surface area contributed by atoms with Crippen LogP contribution in [-0.4, -0.2) is 17.9 Å². The van der Waals surface area contributed by atoms with E-state index < -0.39 is 0 Å². The van der Waals surface area contributed by atoms with Crippen molar-refractivity contribution in [1.82, 2.24) is 4.98 Å². The first-order valence-electron chi connectivity index (χ1n) is 6.22. The summed E-state index contributed by atoms with van der Waals surface area (Å²) in [6.07, 6.45) is 1.63. The van der Waals surface area contributed by atoms with Crippen LogP contribution in [-0.2, 0) is 6.54 Å². The maximum atomic E-state index is 12.4. The van der Waals surface area contributed by atoms with E-state index in [-0.39, 0.29) is 5.91 Å². The second-order valence-corrected chi connectivity index (χ2v) is 5.47. The first-order valence-corrected chi connectivity index (χ1v) is 7.01. The molecule has 2 aromatic rings. The summed E-state index contributed by atoms with van der Waals surface area (Å²) in [6, 6.07) is 9.36. The number of aryl methyl sites for hydroxylation is 1. The van der Waals surface area contributed by atoms with Gasteiger partial charge in [-0.3, -0.25) is 9.78 Å². The summed E-state index contributed by atoms with van der Waals surface area (Å²) in [5, 5.41) is 0. The predicted molar refractivity (Wildman–Crippen MR) is 83.7 cm³/mol. The molecule has 0 aliphatic heterocycles. The lowest BCUT2D eigenvalue weighted by Crippen LogP contribution is -2.27. The summed E-state index contributed by atoms with van der Waals surface area (Å²) in [7, 11) is 1.75. The quantitative estimate of drug-likeness (QED) is 0.939. The Labute approximate surface area is 126 Å². The van der Waals surface area contributed by atoms with E-state index in [2.05, 4.69) is 20.9 Å². The van der Waals surface area contributed by atoms with Gasteiger partial charge in [-0.1, -0.05) is 28.1 Å². The van der Waals surface area contributed by atoms with E-state index in [1.165, 1.54) is 0 Å². The average molecular weight is 334 g/mol. The minimum Gasteiger partial charge on any atom is -0.326 e. The van der Waals surface area contributed by atoms with Gasteiger partial charge >= 0.3 is 0 Å². The molecule has 0 fully saturated rings. The van der Waals surface area contributed by atoms with E-state index in [0.717, 1.165) is 21.3 Å². The Morgan fingerprint density at radius 3 is 2.70 bits per heavy atom. The highest BCUT2D eigenvalue weighted by Crippen LogP contribution is 2.24. The van der Waals surface area contributed by atoms with Crippen molar-refractivity contribution in [3.63, 3.8) is 0 Å². The Bertz CT molecular complexity index is 626. The zero-order valence-corrected chi connectivity index (χ0v) is 13.0. The highest BCUT2D eigenvalue weighted by molar-refractivity contribution is 9.10. The number of hydrogen-bond donors (Lipinski definition) is 1. The predicted octanol–water partition coefficient (Wildman–Crippen LogP) is 2.89. The molecule has 0 aliphatic carbocycles. The fourth-order valence-electron chi connectivity index (χ4n) is 1.90. The largest absolute Gasteiger partial charge is 0.326 e. The molecule has 1 heterocycles. The molecule has 0 unspecified atom stereocenters. The standard InChI is InChI=1S/C15H16BrN3O/c1-10-3-5-12(16)7-14(10)19(2)15(20)13-6-4-11(8-17)9-18-13/h3-7,9H,8,17H2,1-2H3. The average Bonchev–Trinajstić information content (AvgIpc) is 2.48. The van der Waals surface area contributed by atoms with E-state index >= 15 is 0 Å². The monoisotopic (exact) mass is 333 g/mol. The molecule has 1 aromatic carbocycles. The molecule has 0 bridgehead atoms. The summed E-state index contributed by atoms with van der Waals surface area (Å²) in [6.45, 7) is 2.39. The zero-order valence-electron chi connectivity index (χ0n) is 11.4. The molecular weight excluding hydrogens is 318 g/mol. The van der Waals surface area contributed by atoms with Gasteiger partial charge in [-0.05, 0) is 36.2 Å². The molecule has 0 atom stereocenters. The molecule has 5 heteroatoms. The van der Waals surface area contributed by atoms with Crippen molar-refractivity contribution in [2.24, 2.45) is 5.73 Å². The topological polar surface area (TPSA) is 59.2 Å². The normalized spacial score (nSPS) is 10.4. The number of halogens is 1. The van der Waals surface area contributed by atoms with Crippen molar-refractivity contribution < 1.29 is 4.79 Å². The fourth-order valence-corrected chi connectivity index (χ4v) is 2.25. The number of carbonyl (C=O) groups is 1. The van der Waals surface area contributed by atoms with Crippen molar-refractivity contribution in [3.8, 4) is 0 Å². The summed E-state index contributed by atoms with van der Waals surface area (Å²) in [4.78, 5) is 18.2. The second kappa shape index (κ2) is 6.15. The first kappa shape index (κ1) is 14.7. The number of pyridine rings is 1. The third-order valence-corrected chi connectivity index (χ3v) is 3.61. The minimum absolute atomic E-state index is 0.144. The number of amides is 1. The van der Waals surface area contributed by atoms with Gasteiger partial charge in [0.25, 0.3) is 5.91 Å². The van der Waals surface area contributed by atoms with Crippen LogP contribution in [0.3, 0.4) is 0 Å². The van der Waals surface area contributed by atoms with Gasteiger partial charge in [-0.25, -0.2) is 0 Å². The first-order chi connectivity index (χ1) is 9.52. The van der Waals surface area contributed by atoms with E-state index in [1.54, 1.807) is 24.2 Å². The van der Waals surface area contributed by atoms with Crippen LogP contribution in [0.5, 0.6) is 0 Å².